The molecule has 0 saturated carbocycles. The van der Waals surface area contributed by atoms with Crippen molar-refractivity contribution in [3.63, 3.8) is 0 Å². The second-order valence-corrected chi connectivity index (χ2v) is 2.28. The Kier molecular flexibility index (Phi) is 12.0. The molecule has 0 saturated heterocycles. The van der Waals surface area contributed by atoms with Crippen molar-refractivity contribution in [2.24, 2.45) is 0 Å². The lowest BCUT2D eigenvalue weighted by Crippen LogP contribution is -2.31. The number of nitrogens with one attached hydrogen (secondary N) is 1. The average molecular weight is 179 g/mol. The van der Waals surface area contributed by atoms with Gasteiger partial charge in [0.05, 0.1) is 13.2 Å². The smallest absolute Gasteiger partial charge is 0.300 e. The fourth-order valence-electron chi connectivity index (χ4n) is 0.375. The highest BCUT2D eigenvalue weighted by Crippen LogP contribution is 1.74. The van der Waals surface area contributed by atoms with Gasteiger partial charge in [-0.15, -0.1) is 0 Å². The third kappa shape index (κ3) is 22.8. The monoisotopic (exact) mass is 179 g/mol. The maximum atomic E-state index is 9.00. The van der Waals surface area contributed by atoms with Crippen molar-refractivity contribution in [2.75, 3.05) is 19.8 Å². The van der Waals surface area contributed by atoms with Crippen LogP contribution in [0.3, 0.4) is 0 Å². The predicted molar refractivity (Wildman–Crippen MR) is 44.9 cm³/mol. The van der Waals surface area contributed by atoms with Gasteiger partial charge in [0.1, 0.15) is 0 Å². The van der Waals surface area contributed by atoms with Crippen LogP contribution in [-0.4, -0.2) is 47.1 Å². The molecular weight excluding hydrogens is 162 g/mol. The number of carboxylic acids is 1. The van der Waals surface area contributed by atoms with Crippen LogP contribution in [0, 0.1) is 0 Å². The van der Waals surface area contributed by atoms with Crippen molar-refractivity contribution < 1.29 is 20.1 Å². The molecule has 0 aliphatic carbocycles. The number of carboxylic acid groups (broad SMARTS) is 1. The maximum absolute atomic E-state index is 9.00. The van der Waals surface area contributed by atoms with Crippen LogP contribution in [-0.2, 0) is 4.79 Å². The Labute approximate surface area is 72.0 Å². The maximum Gasteiger partial charge on any atom is 0.300 e. The number of hydrogen-bond donors (Lipinski definition) is 4. The van der Waals surface area contributed by atoms with E-state index in [0.29, 0.717) is 6.54 Å². The number of rotatable bonds is 4. The van der Waals surface area contributed by atoms with E-state index >= 15 is 0 Å². The van der Waals surface area contributed by atoms with E-state index < -0.39 is 5.97 Å². The second kappa shape index (κ2) is 10.3. The molecule has 4 N–H and O–H groups in total. The normalized spacial score (nSPS) is 11.3. The first-order chi connectivity index (χ1) is 5.54. The molecule has 0 bridgehead atoms. The highest BCUT2D eigenvalue weighted by atomic mass is 16.4. The molecule has 0 rings (SSSR count). The summed E-state index contributed by atoms with van der Waals surface area (Å²) in [6.45, 7) is 3.75. The van der Waals surface area contributed by atoms with Crippen LogP contribution < -0.4 is 5.32 Å². The Morgan fingerprint density at radius 1 is 1.50 bits per heavy atom. The van der Waals surface area contributed by atoms with Crippen molar-refractivity contribution in [2.45, 2.75) is 19.9 Å². The van der Waals surface area contributed by atoms with Gasteiger partial charge in [0, 0.05) is 19.5 Å². The number of aliphatic hydroxyl groups is 2. The van der Waals surface area contributed by atoms with Gasteiger partial charge in [-0.05, 0) is 6.92 Å². The van der Waals surface area contributed by atoms with Gasteiger partial charge in [-0.2, -0.15) is 0 Å². The van der Waals surface area contributed by atoms with Crippen LogP contribution in [0.5, 0.6) is 0 Å². The summed E-state index contributed by atoms with van der Waals surface area (Å²) in [5.41, 5.74) is 0. The SMILES string of the molecule is CC(=O)O.CC(CO)NCCO. The van der Waals surface area contributed by atoms with Crippen molar-refractivity contribution in [1.29, 1.82) is 0 Å². The molecule has 0 aromatic rings. The summed E-state index contributed by atoms with van der Waals surface area (Å²) in [4.78, 5) is 9.00. The van der Waals surface area contributed by atoms with E-state index in [4.69, 9.17) is 20.1 Å². The molecule has 1 unspecified atom stereocenters. The van der Waals surface area contributed by atoms with Crippen LogP contribution in [0.1, 0.15) is 13.8 Å². The Morgan fingerprint density at radius 3 is 2.17 bits per heavy atom. The number of carbonyl (C=O) groups is 1. The summed E-state index contributed by atoms with van der Waals surface area (Å²) in [5.74, 6) is -0.833. The van der Waals surface area contributed by atoms with E-state index in [1.54, 1.807) is 0 Å². The molecule has 5 heteroatoms. The first-order valence-electron chi connectivity index (χ1n) is 3.69. The minimum Gasteiger partial charge on any atom is -0.481 e. The lowest BCUT2D eigenvalue weighted by atomic mass is 10.4. The third-order valence-electron chi connectivity index (χ3n) is 0.878. The van der Waals surface area contributed by atoms with Gasteiger partial charge in [0.15, 0.2) is 0 Å². The minimum atomic E-state index is -0.833. The van der Waals surface area contributed by atoms with Gasteiger partial charge in [-0.3, -0.25) is 4.79 Å². The summed E-state index contributed by atoms with van der Waals surface area (Å²) in [6.07, 6.45) is 0. The van der Waals surface area contributed by atoms with Crippen molar-refractivity contribution in [3.8, 4) is 0 Å². The molecule has 12 heavy (non-hydrogen) atoms. The van der Waals surface area contributed by atoms with Crippen LogP contribution in [0.15, 0.2) is 0 Å². The van der Waals surface area contributed by atoms with Crippen molar-refractivity contribution in [3.05, 3.63) is 0 Å². The number of aliphatic carboxylic acids is 1. The zero-order chi connectivity index (χ0) is 9.98. The molecule has 0 amide bonds. The number of hydrogen-bond acceptors (Lipinski definition) is 4. The third-order valence-corrected chi connectivity index (χ3v) is 0.878. The predicted octanol–water partition coefficient (Wildman–Crippen LogP) is -0.960. The Bertz CT molecular complexity index is 104. The van der Waals surface area contributed by atoms with E-state index in [2.05, 4.69) is 5.32 Å². The highest BCUT2D eigenvalue weighted by Gasteiger charge is 1.93. The van der Waals surface area contributed by atoms with E-state index in [9.17, 15) is 0 Å². The molecule has 0 aliphatic heterocycles. The van der Waals surface area contributed by atoms with Crippen LogP contribution in [0.25, 0.3) is 0 Å². The molecule has 0 spiro atoms. The summed E-state index contributed by atoms with van der Waals surface area (Å²) >= 11 is 0. The zero-order valence-electron chi connectivity index (χ0n) is 7.45. The van der Waals surface area contributed by atoms with E-state index in [0.717, 1.165) is 6.92 Å². The van der Waals surface area contributed by atoms with E-state index in [1.165, 1.54) is 0 Å². The minimum absolute atomic E-state index is 0.0992. The van der Waals surface area contributed by atoms with Gasteiger partial charge in [0.25, 0.3) is 5.97 Å². The lowest BCUT2D eigenvalue weighted by Gasteiger charge is -2.07. The summed E-state index contributed by atoms with van der Waals surface area (Å²) in [7, 11) is 0. The van der Waals surface area contributed by atoms with Crippen LogP contribution in [0.4, 0.5) is 0 Å². The molecule has 74 valence electrons. The van der Waals surface area contributed by atoms with Gasteiger partial charge >= 0.3 is 0 Å². The molecule has 0 radical (unpaired) electrons. The molecule has 1 atom stereocenters. The molecule has 0 aromatic carbocycles. The standard InChI is InChI=1S/C5H13NO2.C2H4O2/c1-5(4-8)6-2-3-7;1-2(3)4/h5-8H,2-4H2,1H3;1H3,(H,3,4). The second-order valence-electron chi connectivity index (χ2n) is 2.28. The fourth-order valence-corrected chi connectivity index (χ4v) is 0.375. The van der Waals surface area contributed by atoms with Crippen LogP contribution in [0.2, 0.25) is 0 Å². The van der Waals surface area contributed by atoms with Gasteiger partial charge in [-0.25, -0.2) is 0 Å². The highest BCUT2D eigenvalue weighted by molar-refractivity contribution is 5.62. The Morgan fingerprint density at radius 2 is 1.92 bits per heavy atom. The van der Waals surface area contributed by atoms with Crippen molar-refractivity contribution >= 4 is 5.97 Å². The lowest BCUT2D eigenvalue weighted by molar-refractivity contribution is -0.134. The van der Waals surface area contributed by atoms with Gasteiger partial charge in [0.2, 0.25) is 0 Å². The van der Waals surface area contributed by atoms with Crippen molar-refractivity contribution in [1.82, 2.24) is 5.32 Å². The first kappa shape index (κ1) is 13.9. The zero-order valence-corrected chi connectivity index (χ0v) is 7.45. The topological polar surface area (TPSA) is 89.8 Å². The molecule has 5 nitrogen and oxygen atoms in total. The quantitative estimate of drug-likeness (QED) is 0.446. The summed E-state index contributed by atoms with van der Waals surface area (Å²) in [6, 6.07) is 0.0992. The first-order valence-corrected chi connectivity index (χ1v) is 3.69. The molecule has 0 fully saturated rings. The molecule has 0 aliphatic rings. The van der Waals surface area contributed by atoms with Gasteiger partial charge < -0.3 is 20.6 Å². The fraction of sp³-hybridized carbons (Fsp3) is 0.857. The van der Waals surface area contributed by atoms with Gasteiger partial charge in [-0.1, -0.05) is 0 Å². The number of aliphatic hydroxyl groups excluding tert-OH is 2. The molecular formula is C7H17NO4. The van der Waals surface area contributed by atoms with E-state index in [-0.39, 0.29) is 19.3 Å². The summed E-state index contributed by atoms with van der Waals surface area (Å²) in [5, 5.41) is 27.0. The van der Waals surface area contributed by atoms with E-state index in [1.807, 2.05) is 6.92 Å². The largest absolute Gasteiger partial charge is 0.481 e. The van der Waals surface area contributed by atoms with Crippen LogP contribution >= 0.6 is 0 Å². The molecule has 0 aromatic heterocycles. The Balaban J connectivity index is 0. The molecule has 0 heterocycles. The Hall–Kier alpha value is -0.650. The summed E-state index contributed by atoms with van der Waals surface area (Å²) < 4.78 is 0. The average Bonchev–Trinajstić information content (AvgIpc) is 1.99.